The van der Waals surface area contributed by atoms with E-state index >= 15 is 0 Å². The van der Waals surface area contributed by atoms with Gasteiger partial charge in [0.1, 0.15) is 18.4 Å². The maximum absolute atomic E-state index is 14.9. The van der Waals surface area contributed by atoms with Crippen LogP contribution in [0.3, 0.4) is 0 Å². The molecule has 0 saturated carbocycles. The summed E-state index contributed by atoms with van der Waals surface area (Å²) in [6.45, 7) is 5.44. The molecular weight excluding hydrogens is 517 g/mol. The third kappa shape index (κ3) is 7.89. The van der Waals surface area contributed by atoms with Crippen LogP contribution < -0.4 is 9.62 Å². The molecule has 208 valence electrons. The summed E-state index contributed by atoms with van der Waals surface area (Å²) in [5.74, 6) is -1.71. The number of carbonyl (C=O) groups is 2. The molecule has 0 unspecified atom stereocenters. The van der Waals surface area contributed by atoms with Gasteiger partial charge in [0.25, 0.3) is 10.0 Å². The van der Waals surface area contributed by atoms with Gasteiger partial charge in [-0.15, -0.1) is 0 Å². The lowest BCUT2D eigenvalue weighted by atomic mass is 10.1. The molecule has 0 aromatic heterocycles. The van der Waals surface area contributed by atoms with E-state index in [1.165, 1.54) is 35.2 Å². The Morgan fingerprint density at radius 1 is 0.949 bits per heavy atom. The first-order chi connectivity index (χ1) is 18.6. The van der Waals surface area contributed by atoms with Gasteiger partial charge < -0.3 is 10.2 Å². The Labute approximate surface area is 230 Å². The number of amides is 2. The van der Waals surface area contributed by atoms with E-state index in [-0.39, 0.29) is 23.0 Å². The van der Waals surface area contributed by atoms with E-state index in [1.54, 1.807) is 19.1 Å². The zero-order valence-electron chi connectivity index (χ0n) is 22.6. The van der Waals surface area contributed by atoms with Gasteiger partial charge in [-0.2, -0.15) is 0 Å². The monoisotopic (exact) mass is 553 g/mol. The summed E-state index contributed by atoms with van der Waals surface area (Å²) in [6.07, 6.45) is 2.16. The SMILES string of the molecule is CCCCNC(=O)[C@H](C)N(CCc1ccccc1)C(=O)CN(c1ccccc1F)S(=O)(=O)c1ccc(C)cc1. The summed E-state index contributed by atoms with van der Waals surface area (Å²) < 4.78 is 43.2. The summed E-state index contributed by atoms with van der Waals surface area (Å²) in [4.78, 5) is 28.0. The Balaban J connectivity index is 1.96. The molecule has 2 amide bonds. The highest BCUT2D eigenvalue weighted by Crippen LogP contribution is 2.27. The molecule has 3 aromatic rings. The lowest BCUT2D eigenvalue weighted by Crippen LogP contribution is -2.52. The zero-order chi connectivity index (χ0) is 28.4. The number of carbonyl (C=O) groups excluding carboxylic acids is 2. The summed E-state index contributed by atoms with van der Waals surface area (Å²) in [6, 6.07) is 20.2. The molecule has 39 heavy (non-hydrogen) atoms. The van der Waals surface area contributed by atoms with Crippen molar-refractivity contribution in [3.63, 3.8) is 0 Å². The van der Waals surface area contributed by atoms with Crippen LogP contribution >= 0.6 is 0 Å². The Morgan fingerprint density at radius 3 is 2.23 bits per heavy atom. The highest BCUT2D eigenvalue weighted by molar-refractivity contribution is 7.92. The van der Waals surface area contributed by atoms with Crippen LogP contribution in [0.25, 0.3) is 0 Å². The van der Waals surface area contributed by atoms with Gasteiger partial charge >= 0.3 is 0 Å². The van der Waals surface area contributed by atoms with Gasteiger partial charge in [0.2, 0.25) is 11.8 Å². The fourth-order valence-electron chi connectivity index (χ4n) is 4.11. The molecule has 0 bridgehead atoms. The first kappa shape index (κ1) is 29.8. The van der Waals surface area contributed by atoms with Crippen LogP contribution in [0.4, 0.5) is 10.1 Å². The molecule has 0 spiro atoms. The number of halogens is 1. The van der Waals surface area contributed by atoms with E-state index in [4.69, 9.17) is 0 Å². The third-order valence-corrected chi connectivity index (χ3v) is 8.26. The number of hydrogen-bond donors (Lipinski definition) is 1. The number of rotatable bonds is 13. The number of nitrogens with one attached hydrogen (secondary N) is 1. The van der Waals surface area contributed by atoms with Crippen LogP contribution in [0.1, 0.15) is 37.8 Å². The van der Waals surface area contributed by atoms with Crippen molar-refractivity contribution in [2.75, 3.05) is 23.9 Å². The van der Waals surface area contributed by atoms with Crippen LogP contribution in [0.5, 0.6) is 0 Å². The summed E-state index contributed by atoms with van der Waals surface area (Å²) in [5, 5.41) is 2.85. The molecular formula is C30H36FN3O4S. The third-order valence-electron chi connectivity index (χ3n) is 6.49. The smallest absolute Gasteiger partial charge is 0.264 e. The average molecular weight is 554 g/mol. The number of hydrogen-bond acceptors (Lipinski definition) is 4. The number of unbranched alkanes of at least 4 members (excludes halogenated alkanes) is 1. The standard InChI is InChI=1S/C30H36FN3O4S/c1-4-5-20-32-30(36)24(3)33(21-19-25-11-7-6-8-12-25)29(35)22-34(28-14-10-9-13-27(28)31)39(37,38)26-17-15-23(2)16-18-26/h6-18,24H,4-5,19-22H2,1-3H3,(H,32,36)/t24-/m0/s1. The second kappa shape index (κ2) is 13.9. The molecule has 9 heteroatoms. The van der Waals surface area contributed by atoms with E-state index < -0.39 is 34.3 Å². The van der Waals surface area contributed by atoms with Crippen LogP contribution in [0, 0.1) is 12.7 Å². The molecule has 0 fully saturated rings. The lowest BCUT2D eigenvalue weighted by Gasteiger charge is -2.32. The molecule has 3 rings (SSSR count). The topological polar surface area (TPSA) is 86.8 Å². The minimum Gasteiger partial charge on any atom is -0.354 e. The number of sulfonamides is 1. The second-order valence-corrected chi connectivity index (χ2v) is 11.3. The maximum atomic E-state index is 14.9. The van der Waals surface area contributed by atoms with Gasteiger partial charge in [-0.25, -0.2) is 12.8 Å². The number of nitrogens with zero attached hydrogens (tertiary/aromatic N) is 2. The van der Waals surface area contributed by atoms with Crippen LogP contribution in [0.15, 0.2) is 83.8 Å². The van der Waals surface area contributed by atoms with E-state index in [0.717, 1.165) is 34.3 Å². The maximum Gasteiger partial charge on any atom is 0.264 e. The molecule has 0 aliphatic carbocycles. The fraction of sp³-hybridized carbons (Fsp3) is 0.333. The Bertz CT molecular complexity index is 1350. The van der Waals surface area contributed by atoms with Gasteiger partial charge in [0, 0.05) is 13.1 Å². The molecule has 1 N–H and O–H groups in total. The Kier molecular flexibility index (Phi) is 10.6. The molecule has 0 heterocycles. The lowest BCUT2D eigenvalue weighted by molar-refractivity contribution is -0.138. The predicted molar refractivity (Wildman–Crippen MR) is 151 cm³/mol. The first-order valence-electron chi connectivity index (χ1n) is 13.1. The van der Waals surface area contributed by atoms with Gasteiger partial charge in [-0.05, 0) is 56.5 Å². The van der Waals surface area contributed by atoms with Crippen molar-refractivity contribution in [1.29, 1.82) is 0 Å². The summed E-state index contributed by atoms with van der Waals surface area (Å²) in [5.41, 5.74) is 1.58. The fourth-order valence-corrected chi connectivity index (χ4v) is 5.53. The number of para-hydroxylation sites is 1. The number of benzene rings is 3. The van der Waals surface area contributed by atoms with Gasteiger partial charge in [-0.3, -0.25) is 13.9 Å². The second-order valence-electron chi connectivity index (χ2n) is 9.42. The van der Waals surface area contributed by atoms with Crippen molar-refractivity contribution in [2.45, 2.75) is 51.0 Å². The molecule has 0 saturated heterocycles. The molecule has 0 aliphatic rings. The summed E-state index contributed by atoms with van der Waals surface area (Å²) >= 11 is 0. The first-order valence-corrected chi connectivity index (χ1v) is 14.5. The highest BCUT2D eigenvalue weighted by Gasteiger charge is 2.33. The van der Waals surface area contributed by atoms with E-state index in [1.807, 2.05) is 44.2 Å². The summed E-state index contributed by atoms with van der Waals surface area (Å²) in [7, 11) is -4.31. The Hall–Kier alpha value is -3.72. The average Bonchev–Trinajstić information content (AvgIpc) is 2.93. The van der Waals surface area contributed by atoms with Crippen molar-refractivity contribution in [3.8, 4) is 0 Å². The van der Waals surface area contributed by atoms with E-state index in [0.29, 0.717) is 13.0 Å². The van der Waals surface area contributed by atoms with Gasteiger partial charge in [0.05, 0.1) is 10.6 Å². The van der Waals surface area contributed by atoms with E-state index in [9.17, 15) is 22.4 Å². The predicted octanol–water partition coefficient (Wildman–Crippen LogP) is 4.71. The minimum absolute atomic E-state index is 0.0645. The van der Waals surface area contributed by atoms with Gasteiger partial charge in [-0.1, -0.05) is 73.5 Å². The quantitative estimate of drug-likeness (QED) is 0.311. The highest BCUT2D eigenvalue weighted by atomic mass is 32.2. The van der Waals surface area contributed by atoms with Crippen molar-refractivity contribution >= 4 is 27.5 Å². The van der Waals surface area contributed by atoms with Crippen molar-refractivity contribution < 1.29 is 22.4 Å². The molecule has 0 radical (unpaired) electrons. The number of aryl methyl sites for hydroxylation is 1. The van der Waals surface area contributed by atoms with Crippen LogP contribution in [-0.2, 0) is 26.0 Å². The van der Waals surface area contributed by atoms with Crippen LogP contribution in [0.2, 0.25) is 0 Å². The van der Waals surface area contributed by atoms with E-state index in [2.05, 4.69) is 5.32 Å². The Morgan fingerprint density at radius 2 is 1.59 bits per heavy atom. The zero-order valence-corrected chi connectivity index (χ0v) is 23.5. The van der Waals surface area contributed by atoms with Crippen molar-refractivity contribution in [1.82, 2.24) is 10.2 Å². The molecule has 1 atom stereocenters. The van der Waals surface area contributed by atoms with Crippen LogP contribution in [-0.4, -0.2) is 50.8 Å². The molecule has 7 nitrogen and oxygen atoms in total. The minimum atomic E-state index is -4.31. The van der Waals surface area contributed by atoms with Crippen molar-refractivity contribution in [3.05, 3.63) is 95.8 Å². The number of anilines is 1. The molecule has 0 aliphatic heterocycles. The largest absolute Gasteiger partial charge is 0.354 e. The van der Waals surface area contributed by atoms with Crippen molar-refractivity contribution in [2.24, 2.45) is 0 Å². The molecule has 3 aromatic carbocycles. The van der Waals surface area contributed by atoms with Gasteiger partial charge in [0.15, 0.2) is 0 Å². The normalized spacial score (nSPS) is 12.0.